The molecule has 2 aromatic rings. The molecule has 2 aromatic carbocycles. The fourth-order valence-electron chi connectivity index (χ4n) is 2.51. The summed E-state index contributed by atoms with van der Waals surface area (Å²) >= 11 is 17.9. The normalized spacial score (nSPS) is 13.9. The van der Waals surface area contributed by atoms with Gasteiger partial charge in [0.15, 0.2) is 11.0 Å². The Morgan fingerprint density at radius 3 is 2.21 bits per heavy atom. The van der Waals surface area contributed by atoms with Crippen molar-refractivity contribution in [2.24, 2.45) is 0 Å². The van der Waals surface area contributed by atoms with Gasteiger partial charge >= 0.3 is 0 Å². The molecule has 0 aliphatic carbocycles. The number of hydrogen-bond donors (Lipinski definition) is 1. The predicted octanol–water partition coefficient (Wildman–Crippen LogP) is 7.09. The Bertz CT molecular complexity index is 758. The topological polar surface area (TPSA) is 40.5 Å². The molecule has 0 saturated heterocycles. The van der Waals surface area contributed by atoms with Gasteiger partial charge in [0.25, 0.3) is 0 Å². The summed E-state index contributed by atoms with van der Waals surface area (Å²) < 4.78 is 24.6. The highest BCUT2D eigenvalue weighted by Crippen LogP contribution is 2.34. The van der Waals surface area contributed by atoms with E-state index in [9.17, 15) is 8.76 Å². The van der Waals surface area contributed by atoms with Gasteiger partial charge in [0, 0.05) is 16.1 Å². The van der Waals surface area contributed by atoms with Crippen LogP contribution in [0.25, 0.3) is 0 Å². The highest BCUT2D eigenvalue weighted by molar-refractivity contribution is 7.90. The number of anilines is 1. The third kappa shape index (κ3) is 7.77. The molecule has 0 aromatic heterocycles. The maximum atomic E-state index is 13.3. The zero-order valence-corrected chi connectivity index (χ0v) is 20.4. The Kier molecular flexibility index (Phi) is 11.9. The maximum Gasteiger partial charge on any atom is 0.153 e. The molecule has 0 saturated carbocycles. The van der Waals surface area contributed by atoms with Gasteiger partial charge in [-0.05, 0) is 62.2 Å². The summed E-state index contributed by atoms with van der Waals surface area (Å²) in [6, 6.07) is 12.0. The van der Waals surface area contributed by atoms with Crippen LogP contribution in [0.5, 0.6) is 0 Å². The molecule has 28 heavy (non-hydrogen) atoms. The van der Waals surface area contributed by atoms with Crippen LogP contribution in [-0.2, 0) is 22.2 Å². The molecule has 3 nitrogen and oxygen atoms in total. The van der Waals surface area contributed by atoms with E-state index < -0.39 is 22.2 Å². The minimum Gasteiger partial charge on any atom is -0.283 e. The average Bonchev–Trinajstić information content (AvgIpc) is 2.66. The van der Waals surface area contributed by atoms with E-state index in [0.29, 0.717) is 25.7 Å². The first-order valence-corrected chi connectivity index (χ1v) is 13.0. The van der Waals surface area contributed by atoms with Gasteiger partial charge in [-0.15, -0.1) is 0 Å². The smallest absolute Gasteiger partial charge is 0.153 e. The Hall–Kier alpha value is -0.430. The number of halogens is 3. The summed E-state index contributed by atoms with van der Waals surface area (Å²) in [5.41, 5.74) is 0.624. The molecule has 8 heteroatoms. The van der Waals surface area contributed by atoms with Crippen LogP contribution in [0.1, 0.15) is 33.6 Å². The largest absolute Gasteiger partial charge is 0.283 e. The Balaban J connectivity index is 0.00000190. The lowest BCUT2D eigenvalue weighted by Crippen LogP contribution is -2.35. The van der Waals surface area contributed by atoms with E-state index in [2.05, 4.69) is 0 Å². The molecular formula is C20H27Cl3NO2S2+. The Morgan fingerprint density at radius 1 is 1.07 bits per heavy atom. The van der Waals surface area contributed by atoms with Gasteiger partial charge in [0.1, 0.15) is 23.2 Å². The molecule has 3 atom stereocenters. The number of hydrogen-bond acceptors (Lipinski definition) is 2. The van der Waals surface area contributed by atoms with Gasteiger partial charge in [-0.1, -0.05) is 48.7 Å². The van der Waals surface area contributed by atoms with Crippen molar-refractivity contribution in [1.29, 1.82) is 0 Å². The average molecular weight is 484 g/mol. The molecule has 156 valence electrons. The molecule has 2 unspecified atom stereocenters. The van der Waals surface area contributed by atoms with Crippen LogP contribution in [0, 0.1) is 0 Å². The number of nitrogens with zero attached hydrogens (tertiary/aromatic N) is 1. The van der Waals surface area contributed by atoms with Crippen LogP contribution in [0.4, 0.5) is 5.69 Å². The lowest BCUT2D eigenvalue weighted by atomic mass is 10.2. The molecule has 0 heterocycles. The quantitative estimate of drug-likeness (QED) is 0.407. The first-order valence-electron chi connectivity index (χ1n) is 9.03. The minimum atomic E-state index is -1.47. The Labute approximate surface area is 189 Å². The highest BCUT2D eigenvalue weighted by Gasteiger charge is 2.25. The third-order valence-corrected chi connectivity index (χ3v) is 7.08. The Morgan fingerprint density at radius 2 is 1.64 bits per heavy atom. The van der Waals surface area contributed by atoms with E-state index >= 15 is 0 Å². The molecule has 0 aliphatic rings. The molecule has 0 fully saturated rings. The number of benzene rings is 2. The van der Waals surface area contributed by atoms with E-state index in [4.69, 9.17) is 34.8 Å². The summed E-state index contributed by atoms with van der Waals surface area (Å²) in [6.07, 6.45) is 3.38. The van der Waals surface area contributed by atoms with Crippen LogP contribution < -0.4 is 4.31 Å². The van der Waals surface area contributed by atoms with Crippen LogP contribution in [-0.4, -0.2) is 26.8 Å². The van der Waals surface area contributed by atoms with Crippen molar-refractivity contribution < 1.29 is 8.76 Å². The lowest BCUT2D eigenvalue weighted by molar-refractivity contribution is 0.615. The monoisotopic (exact) mass is 482 g/mol. The molecular weight excluding hydrogens is 457 g/mol. The van der Waals surface area contributed by atoms with E-state index in [1.165, 1.54) is 0 Å². The molecule has 0 amide bonds. The van der Waals surface area contributed by atoms with Gasteiger partial charge < -0.3 is 0 Å². The third-order valence-electron chi connectivity index (χ3n) is 3.80. The summed E-state index contributed by atoms with van der Waals surface area (Å²) in [5.74, 6) is 0.717. The van der Waals surface area contributed by atoms with Gasteiger partial charge in [-0.2, -0.15) is 4.55 Å². The van der Waals surface area contributed by atoms with Crippen molar-refractivity contribution in [3.05, 3.63) is 57.5 Å². The summed E-state index contributed by atoms with van der Waals surface area (Å²) in [5, 5.41) is 1.60. The van der Waals surface area contributed by atoms with E-state index in [-0.39, 0.29) is 6.04 Å². The zero-order valence-electron chi connectivity index (χ0n) is 16.5. The first-order chi connectivity index (χ1) is 13.3. The molecule has 0 bridgehead atoms. The van der Waals surface area contributed by atoms with Gasteiger partial charge in [-0.3, -0.25) is 4.31 Å². The van der Waals surface area contributed by atoms with Crippen molar-refractivity contribution >= 4 is 62.7 Å². The fourth-order valence-corrected chi connectivity index (χ4v) is 5.01. The van der Waals surface area contributed by atoms with Crippen LogP contribution >= 0.6 is 34.8 Å². The van der Waals surface area contributed by atoms with Crippen molar-refractivity contribution in [2.75, 3.05) is 16.3 Å². The van der Waals surface area contributed by atoms with Crippen LogP contribution in [0.15, 0.2) is 47.4 Å². The fraction of sp³-hybridized carbons (Fsp3) is 0.400. The maximum absolute atomic E-state index is 13.3. The van der Waals surface area contributed by atoms with Crippen LogP contribution in [0.3, 0.4) is 0 Å². The zero-order chi connectivity index (χ0) is 21.3. The first kappa shape index (κ1) is 25.6. The van der Waals surface area contributed by atoms with Crippen molar-refractivity contribution in [3.8, 4) is 0 Å². The van der Waals surface area contributed by atoms with Crippen molar-refractivity contribution in [1.82, 2.24) is 0 Å². The molecule has 0 spiro atoms. The van der Waals surface area contributed by atoms with E-state index in [0.717, 1.165) is 18.6 Å². The van der Waals surface area contributed by atoms with Gasteiger partial charge in [0.05, 0.1) is 15.6 Å². The second-order valence-corrected chi connectivity index (χ2v) is 10.2. The summed E-state index contributed by atoms with van der Waals surface area (Å²) in [6.45, 7) is 6.00. The minimum absolute atomic E-state index is 0.0639. The molecule has 1 N–H and O–H groups in total. The molecule has 2 rings (SSSR count). The molecule has 0 aliphatic heterocycles. The van der Waals surface area contributed by atoms with Gasteiger partial charge in [0.2, 0.25) is 0 Å². The standard InChI is InChI=1S/C18H21Cl3NO2S2.C2H6/c1-13(4-3-11-25(2)23)22(18-12-15(20)7-10-17(18)21)26(24)16-8-5-14(19)6-9-16;1-2/h5-10,12-13,23H,3-4,11H2,1-2H3;1-2H3/q+1;/t13-,25?,26?;/m1./s1. The summed E-state index contributed by atoms with van der Waals surface area (Å²) in [7, 11) is -1.47. The van der Waals surface area contributed by atoms with E-state index in [1.54, 1.807) is 53.0 Å². The highest BCUT2D eigenvalue weighted by atomic mass is 35.5. The summed E-state index contributed by atoms with van der Waals surface area (Å²) in [4.78, 5) is 0.634. The SMILES string of the molecule is CC.C[C@H](CCC[S+](C)O)N(c1cc(Cl)ccc1Cl)S(=O)c1ccc(Cl)cc1. The second kappa shape index (κ2) is 13.0. The van der Waals surface area contributed by atoms with Gasteiger partial charge in [-0.25, -0.2) is 4.21 Å². The number of rotatable bonds is 8. The van der Waals surface area contributed by atoms with E-state index in [1.807, 2.05) is 20.8 Å². The predicted molar refractivity (Wildman–Crippen MR) is 128 cm³/mol. The second-order valence-electron chi connectivity index (χ2n) is 5.92. The van der Waals surface area contributed by atoms with Crippen LogP contribution in [0.2, 0.25) is 15.1 Å². The van der Waals surface area contributed by atoms with Crippen molar-refractivity contribution in [3.63, 3.8) is 0 Å². The van der Waals surface area contributed by atoms with Crippen molar-refractivity contribution in [2.45, 2.75) is 44.6 Å². The lowest BCUT2D eigenvalue weighted by Gasteiger charge is -2.30. The molecule has 0 radical (unpaired) electrons.